The van der Waals surface area contributed by atoms with Gasteiger partial charge in [-0.2, -0.15) is 0 Å². The molecule has 4 heteroatoms. The highest BCUT2D eigenvalue weighted by molar-refractivity contribution is 6.24. The largest absolute Gasteiger partial charge is 0.504 e. The summed E-state index contributed by atoms with van der Waals surface area (Å²) in [4.78, 5) is 20.8. The summed E-state index contributed by atoms with van der Waals surface area (Å²) in [5.41, 5.74) is 0.847. The first-order chi connectivity index (χ1) is 7.17. The van der Waals surface area contributed by atoms with Crippen LogP contribution in [0.4, 0.5) is 0 Å². The Labute approximate surface area is 87.5 Å². The van der Waals surface area contributed by atoms with Crippen molar-refractivity contribution in [2.24, 2.45) is 0 Å². The maximum atomic E-state index is 10.8. The molecule has 0 spiro atoms. The molecule has 0 fully saturated rings. The number of rotatable bonds is 5. The van der Waals surface area contributed by atoms with Gasteiger partial charge in [-0.15, -0.1) is 0 Å². The topological polar surface area (TPSA) is 63.6 Å². The fourth-order valence-corrected chi connectivity index (χ4v) is 1.20. The van der Waals surface area contributed by atoms with Gasteiger partial charge in [0, 0.05) is 6.42 Å². The second kappa shape index (κ2) is 5.14. The van der Waals surface area contributed by atoms with Crippen molar-refractivity contribution in [2.45, 2.75) is 12.8 Å². The van der Waals surface area contributed by atoms with Gasteiger partial charge in [-0.3, -0.25) is 9.59 Å². The van der Waals surface area contributed by atoms with Gasteiger partial charge in [-0.1, -0.05) is 6.07 Å². The van der Waals surface area contributed by atoms with E-state index in [1.54, 1.807) is 12.1 Å². The number of aldehydes is 1. The zero-order valence-electron chi connectivity index (χ0n) is 8.40. The number of Topliss-reactive ketones (excluding diaryl/α,β-unsaturated/α-hetero) is 1. The highest BCUT2D eigenvalue weighted by Crippen LogP contribution is 2.26. The predicted molar refractivity (Wildman–Crippen MR) is 54.1 cm³/mol. The molecule has 0 unspecified atom stereocenters. The van der Waals surface area contributed by atoms with Crippen molar-refractivity contribution in [1.29, 1.82) is 0 Å². The molecule has 15 heavy (non-hydrogen) atoms. The van der Waals surface area contributed by atoms with Crippen LogP contribution in [0.1, 0.15) is 12.0 Å². The lowest BCUT2D eigenvalue weighted by Crippen LogP contribution is -2.00. The lowest BCUT2D eigenvalue weighted by atomic mass is 10.1. The van der Waals surface area contributed by atoms with Crippen molar-refractivity contribution in [3.63, 3.8) is 0 Å². The predicted octanol–water partition coefficient (Wildman–Crippen LogP) is 1.10. The SMILES string of the molecule is COc1cc(CCC(=O)C=O)ccc1O. The zero-order chi connectivity index (χ0) is 11.3. The summed E-state index contributed by atoms with van der Waals surface area (Å²) in [6.45, 7) is 0. The molecule has 1 aromatic carbocycles. The molecule has 0 atom stereocenters. The van der Waals surface area contributed by atoms with Gasteiger partial charge in [-0.05, 0) is 24.1 Å². The summed E-state index contributed by atoms with van der Waals surface area (Å²) in [6, 6.07) is 4.84. The Kier molecular flexibility index (Phi) is 3.85. The molecule has 0 heterocycles. The Morgan fingerprint density at radius 3 is 2.87 bits per heavy atom. The monoisotopic (exact) mass is 208 g/mol. The average molecular weight is 208 g/mol. The van der Waals surface area contributed by atoms with E-state index >= 15 is 0 Å². The number of ether oxygens (including phenoxy) is 1. The zero-order valence-corrected chi connectivity index (χ0v) is 8.40. The van der Waals surface area contributed by atoms with Crippen molar-refractivity contribution >= 4 is 12.1 Å². The molecule has 0 aliphatic carbocycles. The Morgan fingerprint density at radius 2 is 2.27 bits per heavy atom. The van der Waals surface area contributed by atoms with Crippen LogP contribution in [0.2, 0.25) is 0 Å². The molecule has 0 saturated carbocycles. The standard InChI is InChI=1S/C11H12O4/c1-15-11-6-8(3-5-10(11)14)2-4-9(13)7-12/h3,5-7,14H,2,4H2,1H3. The second-order valence-corrected chi connectivity index (χ2v) is 3.09. The number of hydrogen-bond acceptors (Lipinski definition) is 4. The molecule has 0 amide bonds. The van der Waals surface area contributed by atoms with Gasteiger partial charge in [0.15, 0.2) is 23.6 Å². The van der Waals surface area contributed by atoms with Crippen molar-refractivity contribution in [3.05, 3.63) is 23.8 Å². The number of ketones is 1. The quantitative estimate of drug-likeness (QED) is 0.581. The minimum absolute atomic E-state index is 0.0583. The summed E-state index contributed by atoms with van der Waals surface area (Å²) in [5.74, 6) is -0.00365. The highest BCUT2D eigenvalue weighted by atomic mass is 16.5. The molecule has 0 aliphatic heterocycles. The van der Waals surface area contributed by atoms with Crippen LogP contribution in [0.25, 0.3) is 0 Å². The van der Waals surface area contributed by atoms with Crippen LogP contribution in [0.3, 0.4) is 0 Å². The summed E-state index contributed by atoms with van der Waals surface area (Å²) in [6.07, 6.45) is 0.962. The molecule has 1 N–H and O–H groups in total. The van der Waals surface area contributed by atoms with E-state index in [4.69, 9.17) is 4.74 Å². The fraction of sp³-hybridized carbons (Fsp3) is 0.273. The number of methoxy groups -OCH3 is 1. The van der Waals surface area contributed by atoms with Gasteiger partial charge in [0.2, 0.25) is 0 Å². The molecule has 0 radical (unpaired) electrons. The smallest absolute Gasteiger partial charge is 0.195 e. The molecule has 4 nitrogen and oxygen atoms in total. The van der Waals surface area contributed by atoms with Crippen molar-refractivity contribution in [2.75, 3.05) is 7.11 Å². The van der Waals surface area contributed by atoms with Crippen LogP contribution < -0.4 is 4.74 Å². The van der Waals surface area contributed by atoms with Crippen molar-refractivity contribution in [3.8, 4) is 11.5 Å². The van der Waals surface area contributed by atoms with Crippen LogP contribution in [0, 0.1) is 0 Å². The van der Waals surface area contributed by atoms with Crippen LogP contribution in [-0.4, -0.2) is 24.3 Å². The first-order valence-corrected chi connectivity index (χ1v) is 4.51. The van der Waals surface area contributed by atoms with E-state index in [0.717, 1.165) is 5.56 Å². The van der Waals surface area contributed by atoms with Gasteiger partial charge < -0.3 is 9.84 Å². The average Bonchev–Trinajstić information content (AvgIpc) is 2.27. The van der Waals surface area contributed by atoms with E-state index in [2.05, 4.69) is 0 Å². The van der Waals surface area contributed by atoms with E-state index in [1.807, 2.05) is 0 Å². The molecule has 0 aliphatic rings. The summed E-state index contributed by atoms with van der Waals surface area (Å²) in [7, 11) is 1.45. The van der Waals surface area contributed by atoms with Gasteiger partial charge in [0.25, 0.3) is 0 Å². The third-order valence-corrected chi connectivity index (χ3v) is 2.04. The number of phenols is 1. The second-order valence-electron chi connectivity index (χ2n) is 3.09. The number of aryl methyl sites for hydroxylation is 1. The van der Waals surface area contributed by atoms with E-state index in [1.165, 1.54) is 13.2 Å². The molecule has 80 valence electrons. The van der Waals surface area contributed by atoms with Gasteiger partial charge in [-0.25, -0.2) is 0 Å². The summed E-state index contributed by atoms with van der Waals surface area (Å²) < 4.78 is 4.91. The highest BCUT2D eigenvalue weighted by Gasteiger charge is 2.04. The molecule has 0 bridgehead atoms. The normalized spacial score (nSPS) is 9.67. The van der Waals surface area contributed by atoms with E-state index in [9.17, 15) is 14.7 Å². The van der Waals surface area contributed by atoms with E-state index < -0.39 is 5.78 Å². The maximum absolute atomic E-state index is 10.8. The molecular formula is C11H12O4. The third-order valence-electron chi connectivity index (χ3n) is 2.04. The summed E-state index contributed by atoms with van der Waals surface area (Å²) in [5, 5.41) is 9.31. The number of carbonyl (C=O) groups is 2. The van der Waals surface area contributed by atoms with Crippen LogP contribution >= 0.6 is 0 Å². The molecule has 0 aromatic heterocycles. The van der Waals surface area contributed by atoms with E-state index in [-0.39, 0.29) is 12.2 Å². The minimum atomic E-state index is -0.429. The minimum Gasteiger partial charge on any atom is -0.504 e. The van der Waals surface area contributed by atoms with Gasteiger partial charge in [0.1, 0.15) is 0 Å². The van der Waals surface area contributed by atoms with Gasteiger partial charge >= 0.3 is 0 Å². The number of aromatic hydroxyl groups is 1. The Morgan fingerprint density at radius 1 is 1.53 bits per heavy atom. The fourth-order valence-electron chi connectivity index (χ4n) is 1.20. The van der Waals surface area contributed by atoms with Crippen LogP contribution in [0.15, 0.2) is 18.2 Å². The molecule has 1 rings (SSSR count). The summed E-state index contributed by atoms with van der Waals surface area (Å²) >= 11 is 0. The number of hydrogen-bond donors (Lipinski definition) is 1. The number of carbonyl (C=O) groups excluding carboxylic acids is 2. The number of phenolic OH excluding ortho intramolecular Hbond substituents is 1. The molecule has 0 saturated heterocycles. The lowest BCUT2D eigenvalue weighted by molar-refractivity contribution is -0.129. The van der Waals surface area contributed by atoms with Crippen LogP contribution in [0.5, 0.6) is 11.5 Å². The first kappa shape index (κ1) is 11.2. The Hall–Kier alpha value is -1.84. The molecule has 1 aromatic rings. The van der Waals surface area contributed by atoms with Gasteiger partial charge in [0.05, 0.1) is 7.11 Å². The third kappa shape index (κ3) is 3.09. The van der Waals surface area contributed by atoms with Crippen LogP contribution in [-0.2, 0) is 16.0 Å². The van der Waals surface area contributed by atoms with E-state index in [0.29, 0.717) is 18.5 Å². The Bertz CT molecular complexity index is 371. The number of benzene rings is 1. The lowest BCUT2D eigenvalue weighted by Gasteiger charge is -2.05. The maximum Gasteiger partial charge on any atom is 0.195 e. The molecular weight excluding hydrogens is 196 g/mol. The first-order valence-electron chi connectivity index (χ1n) is 4.51. The van der Waals surface area contributed by atoms with Crippen molar-refractivity contribution < 1.29 is 19.4 Å². The van der Waals surface area contributed by atoms with Crippen molar-refractivity contribution in [1.82, 2.24) is 0 Å². The Balaban J connectivity index is 2.70.